The van der Waals surface area contributed by atoms with Crippen LogP contribution in [-0.4, -0.2) is 39.9 Å². The molecule has 0 amide bonds. The molecule has 2 aliphatic rings. The molecule has 1 unspecified atom stereocenters. The Morgan fingerprint density at radius 2 is 1.88 bits per heavy atom. The number of ether oxygens (including phenoxy) is 1. The van der Waals surface area contributed by atoms with Gasteiger partial charge in [0.05, 0.1) is 19.3 Å². The molecule has 1 aliphatic heterocycles. The molecule has 1 aromatic carbocycles. The predicted molar refractivity (Wildman–Crippen MR) is 96.8 cm³/mol. The second kappa shape index (κ2) is 7.76. The lowest BCUT2D eigenvalue weighted by molar-refractivity contribution is 0.0542. The van der Waals surface area contributed by atoms with Gasteiger partial charge < -0.3 is 14.3 Å². The molecule has 0 bridgehead atoms. The van der Waals surface area contributed by atoms with E-state index in [4.69, 9.17) is 9.15 Å². The number of nitrogens with zero attached hydrogens (tertiary/aromatic N) is 3. The van der Waals surface area contributed by atoms with Crippen LogP contribution in [0, 0.1) is 5.92 Å². The fourth-order valence-corrected chi connectivity index (χ4v) is 3.64. The van der Waals surface area contributed by atoms with Crippen molar-refractivity contribution < 1.29 is 14.3 Å². The Labute approximate surface area is 154 Å². The van der Waals surface area contributed by atoms with Crippen molar-refractivity contribution in [1.29, 1.82) is 0 Å². The Bertz CT molecular complexity index is 703. The van der Waals surface area contributed by atoms with Crippen LogP contribution in [0.15, 0.2) is 28.7 Å². The first-order valence-electron chi connectivity index (χ1n) is 9.68. The molecule has 1 N–H and O–H groups in total. The minimum atomic E-state index is -0.419. The molecule has 2 heterocycles. The van der Waals surface area contributed by atoms with E-state index in [-0.39, 0.29) is 5.92 Å². The third-order valence-corrected chi connectivity index (χ3v) is 5.38. The maximum atomic E-state index is 10.7. The highest BCUT2D eigenvalue weighted by atomic mass is 16.5. The van der Waals surface area contributed by atoms with Crippen LogP contribution in [0.5, 0.6) is 5.75 Å². The van der Waals surface area contributed by atoms with Crippen LogP contribution >= 0.6 is 0 Å². The van der Waals surface area contributed by atoms with E-state index in [9.17, 15) is 5.11 Å². The van der Waals surface area contributed by atoms with E-state index in [1.54, 1.807) is 0 Å². The van der Waals surface area contributed by atoms with Crippen molar-refractivity contribution in [3.8, 4) is 5.75 Å². The summed E-state index contributed by atoms with van der Waals surface area (Å²) in [5.74, 6) is 3.17. The van der Waals surface area contributed by atoms with Crippen molar-refractivity contribution in [2.45, 2.75) is 51.2 Å². The van der Waals surface area contributed by atoms with Gasteiger partial charge in [-0.3, -0.25) is 4.90 Å². The first-order valence-corrected chi connectivity index (χ1v) is 9.68. The quantitative estimate of drug-likeness (QED) is 0.820. The smallest absolute Gasteiger partial charge is 0.230 e. The number of piperidine rings is 1. The number of hydrogen-bond acceptors (Lipinski definition) is 6. The summed E-state index contributed by atoms with van der Waals surface area (Å²) in [4.78, 5) is 2.34. The van der Waals surface area contributed by atoms with E-state index in [0.29, 0.717) is 19.1 Å². The molecule has 0 spiro atoms. The topological polar surface area (TPSA) is 71.6 Å². The molecular formula is C20H27N3O3. The molecule has 6 heteroatoms. The molecular weight excluding hydrogens is 330 g/mol. The van der Waals surface area contributed by atoms with E-state index in [0.717, 1.165) is 49.0 Å². The van der Waals surface area contributed by atoms with Gasteiger partial charge in [-0.1, -0.05) is 12.1 Å². The highest BCUT2D eigenvalue weighted by Gasteiger charge is 2.30. The fraction of sp³-hybridized carbons (Fsp3) is 0.600. The minimum Gasteiger partial charge on any atom is -0.494 e. The van der Waals surface area contributed by atoms with Gasteiger partial charge in [0.2, 0.25) is 11.8 Å². The third kappa shape index (κ3) is 4.07. The summed E-state index contributed by atoms with van der Waals surface area (Å²) < 4.78 is 11.2. The lowest BCUT2D eigenvalue weighted by atomic mass is 9.87. The second-order valence-electron chi connectivity index (χ2n) is 7.37. The Kier molecular flexibility index (Phi) is 5.22. The molecule has 2 fully saturated rings. The van der Waals surface area contributed by atoms with Crippen molar-refractivity contribution >= 4 is 0 Å². The normalized spacial score (nSPS) is 20.2. The molecule has 1 saturated heterocycles. The van der Waals surface area contributed by atoms with Crippen molar-refractivity contribution in [1.82, 2.24) is 15.1 Å². The van der Waals surface area contributed by atoms with Crippen LogP contribution in [0.4, 0.5) is 0 Å². The summed E-state index contributed by atoms with van der Waals surface area (Å²) in [5.41, 5.74) is 0.970. The number of likely N-dealkylation sites (tertiary alicyclic amines) is 1. The Morgan fingerprint density at radius 1 is 1.15 bits per heavy atom. The molecule has 2 aromatic rings. The van der Waals surface area contributed by atoms with Gasteiger partial charge in [0.25, 0.3) is 0 Å². The standard InChI is InChI=1S/C20H27N3O3/c1-2-25-17-7-5-14(6-8-17)19(24)15-9-11-23(12-10-15)13-18-21-22-20(26-18)16-3-4-16/h5-8,15-16,19,24H,2-4,9-13H2,1H3. The average molecular weight is 357 g/mol. The molecule has 4 rings (SSSR count). The van der Waals surface area contributed by atoms with Gasteiger partial charge in [0, 0.05) is 5.92 Å². The predicted octanol–water partition coefficient (Wildman–Crippen LogP) is 3.29. The van der Waals surface area contributed by atoms with E-state index < -0.39 is 6.10 Å². The summed E-state index contributed by atoms with van der Waals surface area (Å²) in [6.45, 7) is 5.23. The van der Waals surface area contributed by atoms with Crippen molar-refractivity contribution in [2.24, 2.45) is 5.92 Å². The van der Waals surface area contributed by atoms with Gasteiger partial charge in [-0.25, -0.2) is 0 Å². The van der Waals surface area contributed by atoms with Gasteiger partial charge in [0.1, 0.15) is 5.75 Å². The first kappa shape index (κ1) is 17.5. The minimum absolute atomic E-state index is 0.286. The van der Waals surface area contributed by atoms with Gasteiger partial charge in [-0.15, -0.1) is 10.2 Å². The molecule has 1 atom stereocenters. The van der Waals surface area contributed by atoms with Crippen LogP contribution in [0.3, 0.4) is 0 Å². The van der Waals surface area contributed by atoms with Crippen LogP contribution in [0.1, 0.15) is 62.0 Å². The van der Waals surface area contributed by atoms with Crippen molar-refractivity contribution in [2.75, 3.05) is 19.7 Å². The van der Waals surface area contributed by atoms with Gasteiger partial charge in [-0.2, -0.15) is 0 Å². The third-order valence-electron chi connectivity index (χ3n) is 5.38. The number of aliphatic hydroxyl groups is 1. The van der Waals surface area contributed by atoms with E-state index in [1.807, 2.05) is 31.2 Å². The molecule has 1 aromatic heterocycles. The van der Waals surface area contributed by atoms with Crippen molar-refractivity contribution in [3.63, 3.8) is 0 Å². The van der Waals surface area contributed by atoms with Gasteiger partial charge in [-0.05, 0) is 69.3 Å². The maximum absolute atomic E-state index is 10.7. The second-order valence-corrected chi connectivity index (χ2v) is 7.37. The summed E-state index contributed by atoms with van der Waals surface area (Å²) in [5, 5.41) is 19.0. The molecule has 140 valence electrons. The molecule has 1 aliphatic carbocycles. The Morgan fingerprint density at radius 3 is 2.54 bits per heavy atom. The number of hydrogen-bond donors (Lipinski definition) is 1. The molecule has 26 heavy (non-hydrogen) atoms. The lowest BCUT2D eigenvalue weighted by Crippen LogP contribution is -2.35. The average Bonchev–Trinajstić information content (AvgIpc) is 3.42. The van der Waals surface area contributed by atoms with Crippen LogP contribution in [0.25, 0.3) is 0 Å². The number of benzene rings is 1. The van der Waals surface area contributed by atoms with Crippen molar-refractivity contribution in [3.05, 3.63) is 41.6 Å². The van der Waals surface area contributed by atoms with Crippen LogP contribution < -0.4 is 4.74 Å². The highest BCUT2D eigenvalue weighted by molar-refractivity contribution is 5.28. The van der Waals surface area contributed by atoms with E-state index in [2.05, 4.69) is 15.1 Å². The zero-order valence-electron chi connectivity index (χ0n) is 15.3. The lowest BCUT2D eigenvalue weighted by Gasteiger charge is -2.33. The molecule has 1 saturated carbocycles. The SMILES string of the molecule is CCOc1ccc(C(O)C2CCN(Cc3nnc(C4CC4)o3)CC2)cc1. The van der Waals surface area contributed by atoms with E-state index in [1.165, 1.54) is 12.8 Å². The largest absolute Gasteiger partial charge is 0.494 e. The molecule has 6 nitrogen and oxygen atoms in total. The molecule has 0 radical (unpaired) electrons. The zero-order valence-corrected chi connectivity index (χ0v) is 15.3. The van der Waals surface area contributed by atoms with Crippen LogP contribution in [-0.2, 0) is 6.54 Å². The van der Waals surface area contributed by atoms with Crippen LogP contribution in [0.2, 0.25) is 0 Å². The van der Waals surface area contributed by atoms with Gasteiger partial charge in [0.15, 0.2) is 0 Å². The maximum Gasteiger partial charge on any atom is 0.230 e. The van der Waals surface area contributed by atoms with E-state index >= 15 is 0 Å². The summed E-state index contributed by atoms with van der Waals surface area (Å²) >= 11 is 0. The zero-order chi connectivity index (χ0) is 17.9. The first-order chi connectivity index (χ1) is 12.7. The fourth-order valence-electron chi connectivity index (χ4n) is 3.64. The summed E-state index contributed by atoms with van der Waals surface area (Å²) in [7, 11) is 0. The Balaban J connectivity index is 1.28. The number of aromatic nitrogens is 2. The highest BCUT2D eigenvalue weighted by Crippen LogP contribution is 2.39. The monoisotopic (exact) mass is 357 g/mol. The summed E-state index contributed by atoms with van der Waals surface area (Å²) in [6.07, 6.45) is 3.88. The Hall–Kier alpha value is -1.92. The van der Waals surface area contributed by atoms with Gasteiger partial charge >= 0.3 is 0 Å². The summed E-state index contributed by atoms with van der Waals surface area (Å²) in [6, 6.07) is 7.81. The number of rotatable bonds is 7. The number of aliphatic hydroxyl groups excluding tert-OH is 1.